The fraction of sp³-hybridized carbons (Fsp3) is 0.462. The molecule has 0 atom stereocenters. The van der Waals surface area contributed by atoms with Gasteiger partial charge in [0.2, 0.25) is 0 Å². The first-order valence-electron chi connectivity index (χ1n) is 5.33. The summed E-state index contributed by atoms with van der Waals surface area (Å²) in [6.07, 6.45) is 1.93. The number of aromatic nitrogens is 2. The van der Waals surface area contributed by atoms with Crippen LogP contribution in [0.15, 0.2) is 18.3 Å². The molecule has 1 aromatic carbocycles. The van der Waals surface area contributed by atoms with Crippen molar-refractivity contribution >= 4 is 10.9 Å². The van der Waals surface area contributed by atoms with Crippen molar-refractivity contribution in [2.75, 3.05) is 0 Å². The fourth-order valence-corrected chi connectivity index (χ4v) is 2.31. The molecule has 2 heteroatoms. The molecular weight excluding hydrogens is 184 g/mol. The molecular formula is C13H18N2. The third-order valence-electron chi connectivity index (χ3n) is 2.86. The Hall–Kier alpha value is -1.31. The summed E-state index contributed by atoms with van der Waals surface area (Å²) in [6, 6.07) is 4.33. The first kappa shape index (κ1) is 10.2. The van der Waals surface area contributed by atoms with Gasteiger partial charge in [-0.3, -0.25) is 4.68 Å². The molecule has 0 N–H and O–H groups in total. The van der Waals surface area contributed by atoms with Gasteiger partial charge in [-0.25, -0.2) is 0 Å². The van der Waals surface area contributed by atoms with Crippen LogP contribution in [-0.2, 0) is 12.5 Å². The van der Waals surface area contributed by atoms with Gasteiger partial charge in [0.25, 0.3) is 0 Å². The van der Waals surface area contributed by atoms with Crippen molar-refractivity contribution in [1.29, 1.82) is 0 Å². The standard InChI is InChI=1S/C13H18N2/c1-9-6-7-10-8-14-15(5)12(10)11(9)13(2,3)4/h6-8H,1-5H3. The molecule has 0 spiro atoms. The molecule has 80 valence electrons. The number of hydrogen-bond donors (Lipinski definition) is 0. The molecule has 0 radical (unpaired) electrons. The Balaban J connectivity index is 2.90. The lowest BCUT2D eigenvalue weighted by molar-refractivity contribution is 0.586. The molecule has 0 bridgehead atoms. The largest absolute Gasteiger partial charge is 0.268 e. The minimum atomic E-state index is 0.164. The van der Waals surface area contributed by atoms with Crippen molar-refractivity contribution in [3.63, 3.8) is 0 Å². The van der Waals surface area contributed by atoms with E-state index in [2.05, 4.69) is 44.9 Å². The van der Waals surface area contributed by atoms with Crippen molar-refractivity contribution in [2.24, 2.45) is 7.05 Å². The number of rotatable bonds is 0. The van der Waals surface area contributed by atoms with E-state index in [0.717, 1.165) is 0 Å². The van der Waals surface area contributed by atoms with Crippen LogP contribution >= 0.6 is 0 Å². The van der Waals surface area contributed by atoms with Gasteiger partial charge in [-0.05, 0) is 23.5 Å². The lowest BCUT2D eigenvalue weighted by atomic mass is 9.83. The zero-order valence-electron chi connectivity index (χ0n) is 10.1. The highest BCUT2D eigenvalue weighted by Crippen LogP contribution is 2.32. The van der Waals surface area contributed by atoms with E-state index < -0.39 is 0 Å². The number of hydrogen-bond acceptors (Lipinski definition) is 1. The third-order valence-corrected chi connectivity index (χ3v) is 2.86. The van der Waals surface area contributed by atoms with Crippen LogP contribution in [-0.4, -0.2) is 9.78 Å². The summed E-state index contributed by atoms with van der Waals surface area (Å²) in [6.45, 7) is 8.93. The molecule has 1 heterocycles. The van der Waals surface area contributed by atoms with E-state index in [1.165, 1.54) is 22.0 Å². The SMILES string of the molecule is Cc1ccc2cnn(C)c2c1C(C)(C)C. The summed E-state index contributed by atoms with van der Waals surface area (Å²) in [5.74, 6) is 0. The van der Waals surface area contributed by atoms with E-state index in [1.807, 2.05) is 17.9 Å². The van der Waals surface area contributed by atoms with Crippen LogP contribution in [0, 0.1) is 6.92 Å². The molecule has 0 amide bonds. The Morgan fingerprint density at radius 1 is 1.20 bits per heavy atom. The number of nitrogens with zero attached hydrogens (tertiary/aromatic N) is 2. The molecule has 0 aliphatic carbocycles. The first-order valence-corrected chi connectivity index (χ1v) is 5.33. The summed E-state index contributed by atoms with van der Waals surface area (Å²) >= 11 is 0. The van der Waals surface area contributed by atoms with Crippen molar-refractivity contribution in [3.05, 3.63) is 29.5 Å². The normalized spacial score (nSPS) is 12.3. The highest BCUT2D eigenvalue weighted by Gasteiger charge is 2.21. The smallest absolute Gasteiger partial charge is 0.0719 e. The Bertz CT molecular complexity index is 501. The minimum Gasteiger partial charge on any atom is -0.268 e. The fourth-order valence-electron chi connectivity index (χ4n) is 2.31. The number of fused-ring (bicyclic) bond motifs is 1. The predicted molar refractivity (Wildman–Crippen MR) is 64.2 cm³/mol. The van der Waals surface area contributed by atoms with Gasteiger partial charge >= 0.3 is 0 Å². The van der Waals surface area contributed by atoms with Crippen LogP contribution in [0.1, 0.15) is 31.9 Å². The Morgan fingerprint density at radius 2 is 1.87 bits per heavy atom. The van der Waals surface area contributed by atoms with E-state index in [0.29, 0.717) is 0 Å². The van der Waals surface area contributed by atoms with Gasteiger partial charge in [0.05, 0.1) is 11.7 Å². The van der Waals surface area contributed by atoms with E-state index >= 15 is 0 Å². The molecule has 15 heavy (non-hydrogen) atoms. The second kappa shape index (κ2) is 3.09. The van der Waals surface area contributed by atoms with Gasteiger partial charge < -0.3 is 0 Å². The van der Waals surface area contributed by atoms with Gasteiger partial charge in [-0.2, -0.15) is 5.10 Å². The van der Waals surface area contributed by atoms with E-state index in [1.54, 1.807) is 0 Å². The molecule has 0 aliphatic rings. The molecule has 0 unspecified atom stereocenters. The zero-order chi connectivity index (χ0) is 11.2. The van der Waals surface area contributed by atoms with Gasteiger partial charge in [-0.15, -0.1) is 0 Å². The van der Waals surface area contributed by atoms with Crippen molar-refractivity contribution in [3.8, 4) is 0 Å². The van der Waals surface area contributed by atoms with Gasteiger partial charge in [0.15, 0.2) is 0 Å². The van der Waals surface area contributed by atoms with Gasteiger partial charge in [-0.1, -0.05) is 32.9 Å². The number of benzene rings is 1. The van der Waals surface area contributed by atoms with Crippen molar-refractivity contribution in [2.45, 2.75) is 33.1 Å². The molecule has 2 rings (SSSR count). The quantitative estimate of drug-likeness (QED) is 0.641. The van der Waals surface area contributed by atoms with Crippen LogP contribution in [0.4, 0.5) is 0 Å². The van der Waals surface area contributed by atoms with Gasteiger partial charge in [0.1, 0.15) is 0 Å². The molecule has 2 nitrogen and oxygen atoms in total. The Morgan fingerprint density at radius 3 is 2.47 bits per heavy atom. The minimum absolute atomic E-state index is 0.164. The summed E-state index contributed by atoms with van der Waals surface area (Å²) in [4.78, 5) is 0. The lowest BCUT2D eigenvalue weighted by Gasteiger charge is -2.23. The summed E-state index contributed by atoms with van der Waals surface area (Å²) in [5.41, 5.74) is 4.18. The van der Waals surface area contributed by atoms with E-state index in [-0.39, 0.29) is 5.41 Å². The maximum atomic E-state index is 4.33. The predicted octanol–water partition coefficient (Wildman–Crippen LogP) is 3.18. The Labute approximate surface area is 90.9 Å². The summed E-state index contributed by atoms with van der Waals surface area (Å²) in [5, 5.41) is 5.56. The first-order chi connectivity index (χ1) is 6.91. The number of aryl methyl sites for hydroxylation is 2. The molecule has 1 aromatic heterocycles. The highest BCUT2D eigenvalue weighted by molar-refractivity contribution is 5.84. The average Bonchev–Trinajstić information content (AvgIpc) is 2.46. The third kappa shape index (κ3) is 1.54. The highest BCUT2D eigenvalue weighted by atomic mass is 15.2. The molecule has 0 aliphatic heterocycles. The van der Waals surface area contributed by atoms with Crippen molar-refractivity contribution in [1.82, 2.24) is 9.78 Å². The van der Waals surface area contributed by atoms with Crippen LogP contribution in [0.25, 0.3) is 10.9 Å². The van der Waals surface area contributed by atoms with Crippen LogP contribution in [0.3, 0.4) is 0 Å². The molecule has 0 saturated carbocycles. The average molecular weight is 202 g/mol. The maximum Gasteiger partial charge on any atom is 0.0719 e. The zero-order valence-corrected chi connectivity index (χ0v) is 10.1. The van der Waals surface area contributed by atoms with E-state index in [9.17, 15) is 0 Å². The van der Waals surface area contributed by atoms with Crippen LogP contribution in [0.2, 0.25) is 0 Å². The second-order valence-corrected chi connectivity index (χ2v) is 5.21. The maximum absolute atomic E-state index is 4.33. The monoisotopic (exact) mass is 202 g/mol. The van der Waals surface area contributed by atoms with Crippen LogP contribution in [0.5, 0.6) is 0 Å². The van der Waals surface area contributed by atoms with Crippen molar-refractivity contribution < 1.29 is 0 Å². The van der Waals surface area contributed by atoms with Crippen LogP contribution < -0.4 is 0 Å². The van der Waals surface area contributed by atoms with Gasteiger partial charge in [0, 0.05) is 12.4 Å². The second-order valence-electron chi connectivity index (χ2n) is 5.21. The van der Waals surface area contributed by atoms with E-state index in [4.69, 9.17) is 0 Å². The molecule has 2 aromatic rings. The topological polar surface area (TPSA) is 17.8 Å². The molecule has 0 saturated heterocycles. The summed E-state index contributed by atoms with van der Waals surface area (Å²) < 4.78 is 1.98. The molecule has 0 fully saturated rings. The Kier molecular flexibility index (Phi) is 2.10. The summed E-state index contributed by atoms with van der Waals surface area (Å²) in [7, 11) is 2.01. The lowest BCUT2D eigenvalue weighted by Crippen LogP contribution is -2.15.